The Kier molecular flexibility index (Phi) is 5.29. The molecule has 3 rings (SSSR count). The van der Waals surface area contributed by atoms with E-state index in [4.69, 9.17) is 9.47 Å². The number of esters is 1. The molecule has 0 radical (unpaired) electrons. The summed E-state index contributed by atoms with van der Waals surface area (Å²) in [5.74, 6) is -1.57. The molecule has 2 aliphatic heterocycles. The third-order valence-electron chi connectivity index (χ3n) is 4.58. The molecule has 0 spiro atoms. The second-order valence-corrected chi connectivity index (χ2v) is 6.47. The molecule has 1 N–H and O–H groups in total. The van der Waals surface area contributed by atoms with Crippen LogP contribution < -0.4 is 15.0 Å². The predicted molar refractivity (Wildman–Crippen MR) is 94.3 cm³/mol. The van der Waals surface area contributed by atoms with Gasteiger partial charge in [0.15, 0.2) is 6.61 Å². The number of benzene rings is 1. The van der Waals surface area contributed by atoms with Gasteiger partial charge in [-0.05, 0) is 24.6 Å². The molecule has 0 saturated carbocycles. The van der Waals surface area contributed by atoms with Crippen molar-refractivity contribution in [2.75, 3.05) is 38.3 Å². The Morgan fingerprint density at radius 3 is 2.74 bits per heavy atom. The van der Waals surface area contributed by atoms with E-state index in [1.165, 1.54) is 12.0 Å². The smallest absolute Gasteiger partial charge is 0.324 e. The molecule has 1 aromatic carbocycles. The highest BCUT2D eigenvalue weighted by molar-refractivity contribution is 6.01. The molecule has 1 atom stereocenters. The van der Waals surface area contributed by atoms with Crippen LogP contribution in [0.3, 0.4) is 0 Å². The Balaban J connectivity index is 1.61. The molecule has 27 heavy (non-hydrogen) atoms. The fraction of sp³-hybridized carbons (Fsp3) is 0.444. The summed E-state index contributed by atoms with van der Waals surface area (Å²) in [7, 11) is 1.51. The highest BCUT2D eigenvalue weighted by Gasteiger charge is 2.38. The van der Waals surface area contributed by atoms with Crippen LogP contribution in [0.15, 0.2) is 18.2 Å². The van der Waals surface area contributed by atoms with Crippen molar-refractivity contribution >= 4 is 29.5 Å². The maximum atomic E-state index is 12.4. The Labute approximate surface area is 156 Å². The Morgan fingerprint density at radius 2 is 2.07 bits per heavy atom. The van der Waals surface area contributed by atoms with Gasteiger partial charge in [0.1, 0.15) is 5.75 Å². The molecule has 9 heteroatoms. The quantitative estimate of drug-likeness (QED) is 0.750. The zero-order valence-corrected chi connectivity index (χ0v) is 15.2. The molecule has 2 aliphatic rings. The number of nitrogens with zero attached hydrogens (tertiary/aromatic N) is 2. The summed E-state index contributed by atoms with van der Waals surface area (Å²) < 4.78 is 10.3. The number of amides is 4. The maximum absolute atomic E-state index is 12.4. The first-order chi connectivity index (χ1) is 12.9. The van der Waals surface area contributed by atoms with E-state index in [2.05, 4.69) is 5.32 Å². The molecular formula is C18H21N3O6. The molecule has 1 aromatic rings. The van der Waals surface area contributed by atoms with E-state index in [0.29, 0.717) is 18.0 Å². The van der Waals surface area contributed by atoms with Crippen LogP contribution in [-0.2, 0) is 19.1 Å². The minimum absolute atomic E-state index is 0.00563. The molecule has 0 aromatic heterocycles. The minimum Gasteiger partial charge on any atom is -0.495 e. The van der Waals surface area contributed by atoms with Crippen molar-refractivity contribution in [1.82, 2.24) is 10.2 Å². The first-order valence-electron chi connectivity index (χ1n) is 8.60. The van der Waals surface area contributed by atoms with E-state index in [1.807, 2.05) is 19.1 Å². The van der Waals surface area contributed by atoms with Gasteiger partial charge < -0.3 is 19.7 Å². The van der Waals surface area contributed by atoms with Crippen molar-refractivity contribution in [2.45, 2.75) is 13.3 Å². The molecular weight excluding hydrogens is 354 g/mol. The van der Waals surface area contributed by atoms with Crippen LogP contribution in [0.5, 0.6) is 5.75 Å². The molecule has 2 heterocycles. The summed E-state index contributed by atoms with van der Waals surface area (Å²) in [6.45, 7) is 2.15. The number of anilines is 1. The summed E-state index contributed by atoms with van der Waals surface area (Å²) in [5, 5.41) is 2.50. The number of ether oxygens (including phenoxy) is 2. The van der Waals surface area contributed by atoms with Crippen LogP contribution >= 0.6 is 0 Å². The first kappa shape index (κ1) is 18.7. The van der Waals surface area contributed by atoms with E-state index in [9.17, 15) is 19.2 Å². The minimum atomic E-state index is -0.678. The summed E-state index contributed by atoms with van der Waals surface area (Å²) in [5.41, 5.74) is 1.56. The van der Waals surface area contributed by atoms with Gasteiger partial charge in [-0.1, -0.05) is 6.07 Å². The van der Waals surface area contributed by atoms with Crippen molar-refractivity contribution in [3.05, 3.63) is 23.8 Å². The molecule has 144 valence electrons. The summed E-state index contributed by atoms with van der Waals surface area (Å²) in [6, 6.07) is 4.96. The third-order valence-corrected chi connectivity index (χ3v) is 4.58. The monoisotopic (exact) mass is 375 g/mol. The topological polar surface area (TPSA) is 105 Å². The molecule has 2 saturated heterocycles. The van der Waals surface area contributed by atoms with E-state index in [0.717, 1.165) is 10.5 Å². The van der Waals surface area contributed by atoms with Gasteiger partial charge in [-0.2, -0.15) is 0 Å². The number of nitrogens with one attached hydrogen (secondary N) is 1. The molecule has 2 fully saturated rings. The Hall–Kier alpha value is -3.10. The number of hydrogen-bond acceptors (Lipinski definition) is 6. The fourth-order valence-electron chi connectivity index (χ4n) is 3.15. The van der Waals surface area contributed by atoms with Crippen LogP contribution in [0.1, 0.15) is 12.0 Å². The van der Waals surface area contributed by atoms with Crippen LogP contribution in [0.25, 0.3) is 0 Å². The second-order valence-electron chi connectivity index (χ2n) is 6.47. The average Bonchev–Trinajstić information content (AvgIpc) is 3.25. The Bertz CT molecular complexity index is 793. The standard InChI is InChI=1S/C18H21N3O6/c1-11-3-4-14(26-2)13(7-11)21-9-12(8-15(21)22)17(24)27-10-16(23)20-6-5-19-18(20)25/h3-4,7,12H,5-6,8-10H2,1-2H3,(H,19,25)/t12-/m1/s1. The van der Waals surface area contributed by atoms with Crippen LogP contribution in [-0.4, -0.2) is 62.1 Å². The maximum Gasteiger partial charge on any atom is 0.324 e. The van der Waals surface area contributed by atoms with Crippen molar-refractivity contribution < 1.29 is 28.7 Å². The van der Waals surface area contributed by atoms with Gasteiger partial charge in [0.2, 0.25) is 5.91 Å². The lowest BCUT2D eigenvalue weighted by atomic mass is 10.1. The number of carbonyl (C=O) groups is 4. The van der Waals surface area contributed by atoms with Gasteiger partial charge in [-0.3, -0.25) is 19.3 Å². The lowest BCUT2D eigenvalue weighted by molar-refractivity contribution is -0.154. The van der Waals surface area contributed by atoms with Crippen molar-refractivity contribution in [3.8, 4) is 5.75 Å². The van der Waals surface area contributed by atoms with E-state index in [-0.39, 0.29) is 25.4 Å². The number of carbonyl (C=O) groups excluding carboxylic acids is 4. The number of hydrogen-bond donors (Lipinski definition) is 1. The summed E-state index contributed by atoms with van der Waals surface area (Å²) in [4.78, 5) is 50.5. The number of urea groups is 1. The van der Waals surface area contributed by atoms with Gasteiger partial charge in [0.05, 0.1) is 18.7 Å². The van der Waals surface area contributed by atoms with Crippen molar-refractivity contribution in [1.29, 1.82) is 0 Å². The molecule has 0 bridgehead atoms. The lowest BCUT2D eigenvalue weighted by Crippen LogP contribution is -2.38. The molecule has 9 nitrogen and oxygen atoms in total. The largest absolute Gasteiger partial charge is 0.495 e. The summed E-state index contributed by atoms with van der Waals surface area (Å²) in [6.07, 6.45) is -0.00563. The van der Waals surface area contributed by atoms with E-state index >= 15 is 0 Å². The van der Waals surface area contributed by atoms with Crippen LogP contribution in [0, 0.1) is 12.8 Å². The number of methoxy groups -OCH3 is 1. The highest BCUT2D eigenvalue weighted by atomic mass is 16.5. The van der Waals surface area contributed by atoms with Crippen LogP contribution in [0.4, 0.5) is 10.5 Å². The zero-order chi connectivity index (χ0) is 19.6. The highest BCUT2D eigenvalue weighted by Crippen LogP contribution is 2.34. The number of aryl methyl sites for hydroxylation is 1. The van der Waals surface area contributed by atoms with Crippen molar-refractivity contribution in [3.63, 3.8) is 0 Å². The number of rotatable bonds is 5. The van der Waals surface area contributed by atoms with E-state index in [1.54, 1.807) is 6.07 Å². The first-order valence-corrected chi connectivity index (χ1v) is 8.60. The molecule has 0 aliphatic carbocycles. The molecule has 0 unspecified atom stereocenters. The normalized spacial score (nSPS) is 19.3. The van der Waals surface area contributed by atoms with Crippen molar-refractivity contribution in [2.24, 2.45) is 5.92 Å². The number of imide groups is 1. The van der Waals surface area contributed by atoms with Gasteiger partial charge in [-0.15, -0.1) is 0 Å². The van der Waals surface area contributed by atoms with Gasteiger partial charge in [0, 0.05) is 26.1 Å². The lowest BCUT2D eigenvalue weighted by Gasteiger charge is -2.20. The fourth-order valence-corrected chi connectivity index (χ4v) is 3.15. The van der Waals surface area contributed by atoms with Gasteiger partial charge >= 0.3 is 12.0 Å². The van der Waals surface area contributed by atoms with E-state index < -0.39 is 30.4 Å². The third kappa shape index (κ3) is 3.86. The molecule has 4 amide bonds. The SMILES string of the molecule is COc1ccc(C)cc1N1C[C@H](C(=O)OCC(=O)N2CCNC2=O)CC1=O. The summed E-state index contributed by atoms with van der Waals surface area (Å²) >= 11 is 0. The van der Waals surface area contributed by atoms with Crippen LogP contribution in [0.2, 0.25) is 0 Å². The van der Waals surface area contributed by atoms with Gasteiger partial charge in [0.25, 0.3) is 5.91 Å². The van der Waals surface area contributed by atoms with Gasteiger partial charge in [-0.25, -0.2) is 4.79 Å². The Morgan fingerprint density at radius 1 is 1.30 bits per heavy atom. The second kappa shape index (κ2) is 7.65. The average molecular weight is 375 g/mol. The zero-order valence-electron chi connectivity index (χ0n) is 15.2. The predicted octanol–water partition coefficient (Wildman–Crippen LogP) is 0.452.